The zero-order valence-corrected chi connectivity index (χ0v) is 41.3. The maximum absolute atomic E-state index is 14.2. The molecule has 384 valence electrons. The van der Waals surface area contributed by atoms with Crippen LogP contribution in [0.4, 0.5) is 20.2 Å². The average Bonchev–Trinajstić information content (AvgIpc) is 3.80. The molecule has 2 aromatic heterocycles. The Bertz CT molecular complexity index is 2940. The third-order valence-corrected chi connectivity index (χ3v) is 16.8. The molecule has 4 fully saturated rings. The van der Waals surface area contributed by atoms with Crippen molar-refractivity contribution in [2.45, 2.75) is 120 Å². The van der Waals surface area contributed by atoms with Gasteiger partial charge in [-0.1, -0.05) is 38.1 Å². The molecule has 0 radical (unpaired) electrons. The molecule has 0 bridgehead atoms. The van der Waals surface area contributed by atoms with E-state index < -0.39 is 55.6 Å². The van der Waals surface area contributed by atoms with Gasteiger partial charge in [0.2, 0.25) is 5.75 Å². The fourth-order valence-corrected chi connectivity index (χ4v) is 12.5. The highest BCUT2D eigenvalue weighted by Crippen LogP contribution is 2.54. The summed E-state index contributed by atoms with van der Waals surface area (Å²) in [4.78, 5) is 37.0. The van der Waals surface area contributed by atoms with Gasteiger partial charge in [0, 0.05) is 61.1 Å². The number of nitro groups is 1. The Morgan fingerprint density at radius 2 is 1.78 bits per heavy atom. The normalized spacial score (nSPS) is 23.6. The fraction of sp³-hybridized carbons (Fsp3) is 0.500. The number of benzene rings is 3. The minimum Gasteiger partial charge on any atom is -0.486 e. The molecule has 2 saturated heterocycles. The van der Waals surface area contributed by atoms with Crippen molar-refractivity contribution in [3.05, 3.63) is 99.7 Å². The zero-order valence-electron chi connectivity index (χ0n) is 40.5. The van der Waals surface area contributed by atoms with Crippen LogP contribution in [-0.4, -0.2) is 103 Å². The number of nitrogens with one attached hydrogen (secondary N) is 2. The lowest BCUT2D eigenvalue weighted by Gasteiger charge is -2.57. The number of hydrogen-bond donors (Lipinski definition) is 3. The van der Waals surface area contributed by atoms with E-state index in [1.807, 2.05) is 4.72 Å². The maximum Gasteiger partial charge on any atom is 0.388 e. The summed E-state index contributed by atoms with van der Waals surface area (Å²) < 4.78 is 86.6. The number of carbonyl (C=O) groups excluding carboxylic acids is 1. The molecule has 5 aliphatic rings. The second kappa shape index (κ2) is 19.7. The predicted molar refractivity (Wildman–Crippen MR) is 262 cm³/mol. The standard InChI is InChI=1S/C52H60F2N6O11S/c1-31(2)38-6-4-5-7-39(38)42-30-67-21-20-59(42)35-27-52(28-35)15-18-58(19-16-52)34-8-9-40(43(24-34)70-45-23-33-12-17-55-47(33)56-49(45)71-50(53)54)48(61)57-72(65,66)37-25-41(60(63)64)46-44(26-37)68-29-36(69-46)22-32-10-13-51(3,62)14-11-32/h4-9,12,17,23-26,31-32,35-36,42,50,62H,10-11,13-16,18-22,27-30H2,1-3H3,(H,55,56)(H,57,61)/t32?,36-,42-,51?/m1/s1. The summed E-state index contributed by atoms with van der Waals surface area (Å²) in [6, 6.07) is 18.8. The van der Waals surface area contributed by atoms with Crippen LogP contribution in [-0.2, 0) is 14.8 Å². The Balaban J connectivity index is 0.880. The number of aromatic nitrogens is 2. The van der Waals surface area contributed by atoms with Crippen LogP contribution in [0.15, 0.2) is 77.8 Å². The quantitative estimate of drug-likeness (QED) is 0.0700. The van der Waals surface area contributed by atoms with E-state index >= 15 is 0 Å². The maximum atomic E-state index is 14.2. The molecule has 3 aromatic carbocycles. The number of piperidine rings is 1. The van der Waals surface area contributed by atoms with E-state index in [-0.39, 0.29) is 58.2 Å². The number of nitrogens with zero attached hydrogens (tertiary/aromatic N) is 4. The van der Waals surface area contributed by atoms with Crippen molar-refractivity contribution >= 4 is 38.3 Å². The van der Waals surface area contributed by atoms with Crippen LogP contribution in [0.2, 0.25) is 0 Å². The van der Waals surface area contributed by atoms with E-state index in [2.05, 4.69) is 57.9 Å². The number of fused-ring (bicyclic) bond motifs is 2. The van der Waals surface area contributed by atoms with Crippen LogP contribution < -0.4 is 28.6 Å². The highest BCUT2D eigenvalue weighted by Gasteiger charge is 2.50. The van der Waals surface area contributed by atoms with Crippen LogP contribution in [0, 0.1) is 21.4 Å². The summed E-state index contributed by atoms with van der Waals surface area (Å²) in [7, 11) is -4.84. The summed E-state index contributed by atoms with van der Waals surface area (Å²) in [6.45, 7) is 6.56. The van der Waals surface area contributed by atoms with Crippen LogP contribution in [0.3, 0.4) is 0 Å². The molecule has 2 atom stereocenters. The van der Waals surface area contributed by atoms with Gasteiger partial charge in [0.25, 0.3) is 21.8 Å². The first-order valence-electron chi connectivity index (χ1n) is 24.8. The van der Waals surface area contributed by atoms with Gasteiger partial charge in [-0.05, 0) is 117 Å². The predicted octanol–water partition coefficient (Wildman–Crippen LogP) is 9.40. The number of ether oxygens (including phenoxy) is 5. The van der Waals surface area contributed by atoms with Crippen LogP contribution in [0.25, 0.3) is 11.0 Å². The summed E-state index contributed by atoms with van der Waals surface area (Å²) in [5, 5.41) is 23.3. The van der Waals surface area contributed by atoms with Gasteiger partial charge >= 0.3 is 12.3 Å². The van der Waals surface area contributed by atoms with E-state index in [1.54, 1.807) is 31.3 Å². The Kier molecular flexibility index (Phi) is 13.6. The lowest BCUT2D eigenvalue weighted by molar-refractivity contribution is -0.386. The molecule has 2 aliphatic carbocycles. The third kappa shape index (κ3) is 10.3. The van der Waals surface area contributed by atoms with Crippen LogP contribution in [0.5, 0.6) is 28.9 Å². The Labute approximate surface area is 416 Å². The molecule has 20 heteroatoms. The van der Waals surface area contributed by atoms with Gasteiger partial charge in [0.15, 0.2) is 11.5 Å². The molecule has 1 amide bonds. The van der Waals surface area contributed by atoms with Gasteiger partial charge in [0.05, 0.1) is 40.2 Å². The lowest BCUT2D eigenvalue weighted by Crippen LogP contribution is -2.58. The molecule has 3 aliphatic heterocycles. The molecular weight excluding hydrogens is 955 g/mol. The molecule has 5 aromatic rings. The SMILES string of the molecule is CC(C)c1ccccc1[C@H]1COCCN1C1CC2(CCN(c3ccc(C(=O)NS(=O)(=O)c4cc5c(c([N+](=O)[O-])c4)O[C@H](CC4CCC(C)(O)CC4)CO5)c(Oc4cc5cc[nH]c5nc4OC(F)F)c3)CC2)C1. The second-order valence-electron chi connectivity index (χ2n) is 20.7. The van der Waals surface area contributed by atoms with Crippen LogP contribution >= 0.6 is 0 Å². The Morgan fingerprint density at radius 3 is 2.51 bits per heavy atom. The molecule has 2 saturated carbocycles. The number of carbonyl (C=O) groups is 1. The number of amides is 1. The average molecular weight is 1020 g/mol. The first kappa shape index (κ1) is 49.5. The van der Waals surface area contributed by atoms with E-state index in [4.69, 9.17) is 23.7 Å². The summed E-state index contributed by atoms with van der Waals surface area (Å²) >= 11 is 0. The van der Waals surface area contributed by atoms with Crippen molar-refractivity contribution in [1.29, 1.82) is 0 Å². The van der Waals surface area contributed by atoms with E-state index in [0.29, 0.717) is 68.6 Å². The number of aliphatic hydroxyl groups is 1. The van der Waals surface area contributed by atoms with Gasteiger partial charge in [-0.15, -0.1) is 0 Å². The van der Waals surface area contributed by atoms with Crippen molar-refractivity contribution in [2.24, 2.45) is 11.3 Å². The van der Waals surface area contributed by atoms with Crippen molar-refractivity contribution in [2.75, 3.05) is 44.4 Å². The molecule has 1 spiro atoms. The number of H-pyrrole nitrogens is 1. The largest absolute Gasteiger partial charge is 0.486 e. The van der Waals surface area contributed by atoms with Crippen molar-refractivity contribution < 1.29 is 55.7 Å². The number of sulfonamides is 1. The van der Waals surface area contributed by atoms with Crippen molar-refractivity contribution in [1.82, 2.24) is 19.6 Å². The first-order valence-corrected chi connectivity index (χ1v) is 26.2. The second-order valence-corrected chi connectivity index (χ2v) is 22.4. The zero-order chi connectivity index (χ0) is 50.5. The molecule has 17 nitrogen and oxygen atoms in total. The number of nitro benzene ring substituents is 1. The lowest BCUT2D eigenvalue weighted by atomic mass is 9.59. The number of hydrogen-bond acceptors (Lipinski definition) is 14. The number of anilines is 1. The molecule has 10 rings (SSSR count). The number of alkyl halides is 2. The third-order valence-electron chi connectivity index (χ3n) is 15.5. The van der Waals surface area contributed by atoms with Crippen LogP contribution in [0.1, 0.15) is 112 Å². The number of rotatable bonds is 14. The summed E-state index contributed by atoms with van der Waals surface area (Å²) in [5.74, 6) is -1.98. The number of morpholine rings is 1. The molecular formula is C52H60F2N6O11S. The number of halogens is 2. The van der Waals surface area contributed by atoms with Gasteiger partial charge < -0.3 is 38.7 Å². The van der Waals surface area contributed by atoms with Gasteiger partial charge in [-0.2, -0.15) is 13.8 Å². The first-order chi connectivity index (χ1) is 34.4. The molecule has 5 heterocycles. The molecule has 3 N–H and O–H groups in total. The topological polar surface area (TPSA) is 208 Å². The Hall–Kier alpha value is -6.09. The molecule has 72 heavy (non-hydrogen) atoms. The number of pyridine rings is 1. The fourth-order valence-electron chi connectivity index (χ4n) is 11.5. The molecule has 0 unspecified atom stereocenters. The van der Waals surface area contributed by atoms with Crippen molar-refractivity contribution in [3.63, 3.8) is 0 Å². The van der Waals surface area contributed by atoms with Gasteiger partial charge in [0.1, 0.15) is 24.1 Å². The van der Waals surface area contributed by atoms with E-state index in [1.165, 1.54) is 23.3 Å². The summed E-state index contributed by atoms with van der Waals surface area (Å²) in [5.41, 5.74) is 2.03. The van der Waals surface area contributed by atoms with E-state index in [9.17, 15) is 37.2 Å². The highest BCUT2D eigenvalue weighted by molar-refractivity contribution is 7.90. The van der Waals surface area contributed by atoms with Gasteiger partial charge in [-0.25, -0.2) is 13.1 Å². The summed E-state index contributed by atoms with van der Waals surface area (Å²) in [6.07, 6.45) is 8.22. The number of aromatic amines is 1. The van der Waals surface area contributed by atoms with Gasteiger partial charge in [-0.3, -0.25) is 19.8 Å². The van der Waals surface area contributed by atoms with E-state index in [0.717, 1.165) is 57.2 Å². The minimum absolute atomic E-state index is 0.00200. The highest BCUT2D eigenvalue weighted by atomic mass is 32.2. The Morgan fingerprint density at radius 1 is 1.01 bits per heavy atom. The minimum atomic E-state index is -4.84. The van der Waals surface area contributed by atoms with Crippen molar-refractivity contribution in [3.8, 4) is 28.9 Å². The monoisotopic (exact) mass is 1010 g/mol. The smallest absolute Gasteiger partial charge is 0.388 e.